The van der Waals surface area contributed by atoms with Crippen LogP contribution in [0, 0.1) is 13.8 Å². The zero-order chi connectivity index (χ0) is 14.7. The molecule has 0 bridgehead atoms. The van der Waals surface area contributed by atoms with Gasteiger partial charge in [0.2, 0.25) is 5.89 Å². The Morgan fingerprint density at radius 3 is 2.71 bits per heavy atom. The Morgan fingerprint density at radius 1 is 1.05 bits per heavy atom. The Bertz CT molecular complexity index is 730. The van der Waals surface area contributed by atoms with Crippen molar-refractivity contribution in [2.24, 2.45) is 0 Å². The van der Waals surface area contributed by atoms with Crippen LogP contribution in [0.2, 0.25) is 0 Å². The summed E-state index contributed by atoms with van der Waals surface area (Å²) in [5.41, 5.74) is 1.17. The van der Waals surface area contributed by atoms with Crippen LogP contribution in [0.5, 0.6) is 5.75 Å². The van der Waals surface area contributed by atoms with Gasteiger partial charge in [0.1, 0.15) is 11.5 Å². The maximum atomic E-state index is 5.66. The molecule has 2 heterocycles. The number of ether oxygens (including phenoxy) is 1. The fraction of sp³-hybridized carbons (Fsp3) is 0.250. The monoisotopic (exact) mass is 284 g/mol. The van der Waals surface area contributed by atoms with Crippen LogP contribution in [-0.2, 0) is 6.42 Å². The molecule has 108 valence electrons. The van der Waals surface area contributed by atoms with E-state index in [0.29, 0.717) is 30.6 Å². The molecule has 0 saturated heterocycles. The summed E-state index contributed by atoms with van der Waals surface area (Å²) >= 11 is 0. The molecule has 0 saturated carbocycles. The van der Waals surface area contributed by atoms with Crippen LogP contribution in [0.1, 0.15) is 17.2 Å². The van der Waals surface area contributed by atoms with Crippen molar-refractivity contribution in [2.75, 3.05) is 6.61 Å². The third-order valence-corrected chi connectivity index (χ3v) is 2.99. The molecular weight excluding hydrogens is 268 g/mol. The number of aromatic nitrogens is 2. The number of hydrogen-bond donors (Lipinski definition) is 0. The van der Waals surface area contributed by atoms with E-state index in [0.717, 1.165) is 11.5 Å². The van der Waals surface area contributed by atoms with Gasteiger partial charge >= 0.3 is 0 Å². The number of benzene rings is 1. The lowest BCUT2D eigenvalue weighted by atomic mass is 10.2. The second-order valence-electron chi connectivity index (χ2n) is 4.83. The molecule has 3 aromatic rings. The number of hydrogen-bond acceptors (Lipinski definition) is 5. The average molecular weight is 284 g/mol. The number of nitrogens with zero attached hydrogens (tertiary/aromatic N) is 2. The maximum absolute atomic E-state index is 5.66. The Balaban J connectivity index is 1.58. The molecule has 1 aromatic carbocycles. The van der Waals surface area contributed by atoms with Crippen molar-refractivity contribution in [3.63, 3.8) is 0 Å². The zero-order valence-electron chi connectivity index (χ0n) is 12.0. The Hall–Kier alpha value is -2.56. The maximum Gasteiger partial charge on any atom is 0.283 e. The summed E-state index contributed by atoms with van der Waals surface area (Å²) in [6.07, 6.45) is 0.556. The van der Waals surface area contributed by atoms with Crippen molar-refractivity contribution in [3.8, 4) is 17.4 Å². The molecular formula is C16H16N2O3. The van der Waals surface area contributed by atoms with Crippen molar-refractivity contribution in [2.45, 2.75) is 20.3 Å². The summed E-state index contributed by atoms with van der Waals surface area (Å²) in [5.74, 6) is 3.18. The second-order valence-corrected chi connectivity index (χ2v) is 4.83. The predicted octanol–water partition coefficient (Wildman–Crippen LogP) is 3.57. The minimum absolute atomic E-state index is 0.397. The van der Waals surface area contributed by atoms with Crippen molar-refractivity contribution >= 4 is 0 Å². The van der Waals surface area contributed by atoms with E-state index >= 15 is 0 Å². The van der Waals surface area contributed by atoms with Gasteiger partial charge in [-0.3, -0.25) is 0 Å². The topological polar surface area (TPSA) is 61.3 Å². The van der Waals surface area contributed by atoms with Gasteiger partial charge in [-0.05, 0) is 43.7 Å². The highest BCUT2D eigenvalue weighted by Crippen LogP contribution is 2.20. The van der Waals surface area contributed by atoms with E-state index in [9.17, 15) is 0 Å². The standard InChI is InChI=1S/C16H16N2O3/c1-11-4-3-5-13(10-11)19-9-8-15-17-18-16(21-15)14-7-6-12(2)20-14/h3-7,10H,8-9H2,1-2H3. The molecule has 0 radical (unpaired) electrons. The molecule has 0 spiro atoms. The molecule has 0 aliphatic heterocycles. The highest BCUT2D eigenvalue weighted by Gasteiger charge is 2.11. The molecule has 0 aliphatic carbocycles. The van der Waals surface area contributed by atoms with Crippen LogP contribution < -0.4 is 4.74 Å². The van der Waals surface area contributed by atoms with Crippen molar-refractivity contribution in [1.82, 2.24) is 10.2 Å². The van der Waals surface area contributed by atoms with Crippen molar-refractivity contribution in [3.05, 3.63) is 53.6 Å². The van der Waals surface area contributed by atoms with Gasteiger partial charge in [0.05, 0.1) is 13.0 Å². The Labute approximate surface area is 122 Å². The molecule has 2 aromatic heterocycles. The minimum atomic E-state index is 0.397. The van der Waals surface area contributed by atoms with E-state index in [-0.39, 0.29) is 0 Å². The number of rotatable bonds is 5. The van der Waals surface area contributed by atoms with E-state index in [2.05, 4.69) is 10.2 Å². The van der Waals surface area contributed by atoms with Crippen LogP contribution >= 0.6 is 0 Å². The molecule has 0 amide bonds. The fourth-order valence-corrected chi connectivity index (χ4v) is 1.96. The summed E-state index contributed by atoms with van der Waals surface area (Å²) in [6.45, 7) is 4.39. The van der Waals surface area contributed by atoms with E-state index in [4.69, 9.17) is 13.6 Å². The van der Waals surface area contributed by atoms with Crippen LogP contribution in [0.3, 0.4) is 0 Å². The van der Waals surface area contributed by atoms with Gasteiger partial charge in [-0.2, -0.15) is 0 Å². The molecule has 21 heavy (non-hydrogen) atoms. The average Bonchev–Trinajstić information content (AvgIpc) is 3.08. The third-order valence-electron chi connectivity index (χ3n) is 2.99. The first-order valence-electron chi connectivity index (χ1n) is 6.79. The summed E-state index contributed by atoms with van der Waals surface area (Å²) < 4.78 is 16.6. The van der Waals surface area contributed by atoms with Crippen LogP contribution in [0.15, 0.2) is 45.2 Å². The zero-order valence-corrected chi connectivity index (χ0v) is 12.0. The molecule has 0 atom stereocenters. The first kappa shape index (κ1) is 13.4. The summed E-state index contributed by atoms with van der Waals surface area (Å²) in [7, 11) is 0. The van der Waals surface area contributed by atoms with Gasteiger partial charge in [0.25, 0.3) is 5.89 Å². The van der Waals surface area contributed by atoms with Gasteiger partial charge < -0.3 is 13.6 Å². The summed E-state index contributed by atoms with van der Waals surface area (Å²) in [6, 6.07) is 11.6. The molecule has 0 N–H and O–H groups in total. The van der Waals surface area contributed by atoms with E-state index < -0.39 is 0 Å². The molecule has 0 fully saturated rings. The Morgan fingerprint density at radius 2 is 1.95 bits per heavy atom. The van der Waals surface area contributed by atoms with Gasteiger partial charge in [-0.15, -0.1) is 10.2 Å². The summed E-state index contributed by atoms with van der Waals surface area (Å²) in [5, 5.41) is 7.97. The van der Waals surface area contributed by atoms with Gasteiger partial charge in [0, 0.05) is 0 Å². The molecule has 0 aliphatic rings. The first-order valence-corrected chi connectivity index (χ1v) is 6.79. The largest absolute Gasteiger partial charge is 0.493 e. The van der Waals surface area contributed by atoms with Crippen molar-refractivity contribution in [1.29, 1.82) is 0 Å². The lowest BCUT2D eigenvalue weighted by Crippen LogP contribution is -2.01. The number of aryl methyl sites for hydroxylation is 2. The molecule has 5 nitrogen and oxygen atoms in total. The van der Waals surface area contributed by atoms with E-state index in [1.807, 2.05) is 50.2 Å². The van der Waals surface area contributed by atoms with E-state index in [1.165, 1.54) is 5.56 Å². The van der Waals surface area contributed by atoms with E-state index in [1.54, 1.807) is 0 Å². The van der Waals surface area contributed by atoms with Crippen LogP contribution in [0.4, 0.5) is 0 Å². The Kier molecular flexibility index (Phi) is 3.73. The predicted molar refractivity (Wildman–Crippen MR) is 77.1 cm³/mol. The molecule has 5 heteroatoms. The normalized spacial score (nSPS) is 10.8. The number of furan rings is 1. The lowest BCUT2D eigenvalue weighted by Gasteiger charge is -2.04. The van der Waals surface area contributed by atoms with Gasteiger partial charge in [-0.1, -0.05) is 12.1 Å². The smallest absolute Gasteiger partial charge is 0.283 e. The molecule has 0 unspecified atom stereocenters. The highest BCUT2D eigenvalue weighted by molar-refractivity contribution is 5.43. The van der Waals surface area contributed by atoms with Gasteiger partial charge in [-0.25, -0.2) is 0 Å². The third kappa shape index (κ3) is 3.31. The van der Waals surface area contributed by atoms with Crippen molar-refractivity contribution < 1.29 is 13.6 Å². The van der Waals surface area contributed by atoms with Gasteiger partial charge in [0.15, 0.2) is 5.76 Å². The second kappa shape index (κ2) is 5.83. The summed E-state index contributed by atoms with van der Waals surface area (Å²) in [4.78, 5) is 0. The SMILES string of the molecule is Cc1cccc(OCCc2nnc(-c3ccc(C)o3)o2)c1. The fourth-order valence-electron chi connectivity index (χ4n) is 1.96. The lowest BCUT2D eigenvalue weighted by molar-refractivity contribution is 0.306. The minimum Gasteiger partial charge on any atom is -0.493 e. The highest BCUT2D eigenvalue weighted by atomic mass is 16.5. The quantitative estimate of drug-likeness (QED) is 0.716. The van der Waals surface area contributed by atoms with Crippen LogP contribution in [-0.4, -0.2) is 16.8 Å². The van der Waals surface area contributed by atoms with Crippen LogP contribution in [0.25, 0.3) is 11.7 Å². The first-order chi connectivity index (χ1) is 10.2. The molecule has 3 rings (SSSR count).